The number of H-pyrrole nitrogens is 1. The Labute approximate surface area is 179 Å². The number of fused-ring (bicyclic) bond motifs is 1. The summed E-state index contributed by atoms with van der Waals surface area (Å²) in [5.74, 6) is -0.193. The van der Waals surface area contributed by atoms with Gasteiger partial charge in [0.2, 0.25) is 0 Å². The summed E-state index contributed by atoms with van der Waals surface area (Å²) in [6.45, 7) is 0.593. The number of pyridine rings is 1. The number of benzene rings is 2. The van der Waals surface area contributed by atoms with E-state index in [0.29, 0.717) is 23.3 Å². The van der Waals surface area contributed by atoms with E-state index in [-0.39, 0.29) is 12.5 Å². The van der Waals surface area contributed by atoms with E-state index in [9.17, 15) is 14.4 Å². The van der Waals surface area contributed by atoms with Crippen LogP contribution in [-0.4, -0.2) is 20.4 Å². The van der Waals surface area contributed by atoms with Crippen LogP contribution in [0.1, 0.15) is 21.5 Å². The first kappa shape index (κ1) is 19.8. The zero-order valence-electron chi connectivity index (χ0n) is 15.8. The Morgan fingerprint density at radius 2 is 1.83 bits per heavy atom. The molecule has 150 valence electrons. The number of halogens is 1. The van der Waals surface area contributed by atoms with Crippen LogP contribution in [0.5, 0.6) is 0 Å². The molecule has 30 heavy (non-hydrogen) atoms. The van der Waals surface area contributed by atoms with Gasteiger partial charge in [0.15, 0.2) is 5.65 Å². The highest BCUT2D eigenvalue weighted by Crippen LogP contribution is 2.12. The number of carbonyl (C=O) groups is 1. The van der Waals surface area contributed by atoms with Crippen LogP contribution in [0.25, 0.3) is 11.2 Å². The lowest BCUT2D eigenvalue weighted by molar-refractivity contribution is 0.0951. The minimum absolute atomic E-state index is 0.177. The topological polar surface area (TPSA) is 96.9 Å². The largest absolute Gasteiger partial charge is 0.348 e. The molecule has 0 aliphatic heterocycles. The van der Waals surface area contributed by atoms with Gasteiger partial charge in [-0.1, -0.05) is 40.2 Å². The number of carbonyl (C=O) groups excluding carboxylic acids is 1. The summed E-state index contributed by atoms with van der Waals surface area (Å²) in [5.41, 5.74) is 1.80. The number of aromatic nitrogens is 3. The first-order valence-electron chi connectivity index (χ1n) is 9.21. The molecular weight excluding hydrogens is 448 g/mol. The van der Waals surface area contributed by atoms with E-state index < -0.39 is 11.1 Å². The number of nitrogens with one attached hydrogen (secondary N) is 2. The SMILES string of the molecule is O=C(NCc1cccc(Br)c1)c1ccc(Cn2c(=O)c(=O)[nH]c3cccnc32)cc1. The van der Waals surface area contributed by atoms with E-state index in [1.54, 1.807) is 42.6 Å². The maximum atomic E-state index is 12.4. The second kappa shape index (κ2) is 8.46. The molecule has 0 saturated heterocycles. The zero-order chi connectivity index (χ0) is 21.1. The van der Waals surface area contributed by atoms with Crippen molar-refractivity contribution in [2.45, 2.75) is 13.1 Å². The molecule has 7 nitrogen and oxygen atoms in total. The standard InChI is InChI=1S/C22H17BrN4O3/c23-17-4-1-3-15(11-17)12-25-20(28)16-8-6-14(7-9-16)13-27-19-18(5-2-10-24-19)26-21(29)22(27)30/h1-11H,12-13H2,(H,25,28)(H,26,29). The smallest absolute Gasteiger partial charge is 0.318 e. The molecule has 0 radical (unpaired) electrons. The molecule has 1 amide bonds. The number of amides is 1. The number of hydrogen-bond acceptors (Lipinski definition) is 4. The van der Waals surface area contributed by atoms with Crippen LogP contribution in [0.15, 0.2) is 80.9 Å². The molecule has 2 aromatic carbocycles. The highest BCUT2D eigenvalue weighted by molar-refractivity contribution is 9.10. The molecule has 2 N–H and O–H groups in total. The predicted molar refractivity (Wildman–Crippen MR) is 117 cm³/mol. The summed E-state index contributed by atoms with van der Waals surface area (Å²) in [6.07, 6.45) is 1.56. The molecule has 4 rings (SSSR count). The lowest BCUT2D eigenvalue weighted by Gasteiger charge is -2.10. The van der Waals surface area contributed by atoms with E-state index in [2.05, 4.69) is 31.2 Å². The Morgan fingerprint density at radius 3 is 2.60 bits per heavy atom. The second-order valence-electron chi connectivity index (χ2n) is 6.73. The predicted octanol–water partition coefficient (Wildman–Crippen LogP) is 2.83. The van der Waals surface area contributed by atoms with Crippen molar-refractivity contribution in [2.24, 2.45) is 0 Å². The van der Waals surface area contributed by atoms with Crippen LogP contribution in [0.4, 0.5) is 0 Å². The van der Waals surface area contributed by atoms with Gasteiger partial charge in [0, 0.05) is 22.8 Å². The zero-order valence-corrected chi connectivity index (χ0v) is 17.3. The van der Waals surface area contributed by atoms with Gasteiger partial charge in [-0.2, -0.15) is 0 Å². The fourth-order valence-electron chi connectivity index (χ4n) is 3.13. The van der Waals surface area contributed by atoms with Crippen molar-refractivity contribution < 1.29 is 4.79 Å². The molecular formula is C22H17BrN4O3. The van der Waals surface area contributed by atoms with Gasteiger partial charge in [-0.25, -0.2) is 4.98 Å². The maximum Gasteiger partial charge on any atom is 0.318 e. The number of hydrogen-bond donors (Lipinski definition) is 2. The Balaban J connectivity index is 1.51. The van der Waals surface area contributed by atoms with Gasteiger partial charge in [0.25, 0.3) is 5.91 Å². The molecule has 0 spiro atoms. The highest BCUT2D eigenvalue weighted by Gasteiger charge is 2.10. The van der Waals surface area contributed by atoms with Crippen molar-refractivity contribution >= 4 is 33.0 Å². The van der Waals surface area contributed by atoms with Gasteiger partial charge in [-0.3, -0.25) is 19.0 Å². The molecule has 0 aliphatic rings. The van der Waals surface area contributed by atoms with Gasteiger partial charge in [-0.05, 0) is 47.5 Å². The number of nitrogens with zero attached hydrogens (tertiary/aromatic N) is 2. The average Bonchev–Trinajstić information content (AvgIpc) is 2.76. The normalized spacial score (nSPS) is 10.8. The van der Waals surface area contributed by atoms with Crippen molar-refractivity contribution in [3.8, 4) is 0 Å². The average molecular weight is 465 g/mol. The van der Waals surface area contributed by atoms with E-state index in [4.69, 9.17) is 0 Å². The molecule has 8 heteroatoms. The fraction of sp³-hybridized carbons (Fsp3) is 0.0909. The summed E-state index contributed by atoms with van der Waals surface area (Å²) >= 11 is 3.41. The highest BCUT2D eigenvalue weighted by atomic mass is 79.9. The second-order valence-corrected chi connectivity index (χ2v) is 7.65. The lowest BCUT2D eigenvalue weighted by atomic mass is 10.1. The van der Waals surface area contributed by atoms with E-state index >= 15 is 0 Å². The van der Waals surface area contributed by atoms with Gasteiger partial charge < -0.3 is 10.3 Å². The molecule has 0 saturated carbocycles. The monoisotopic (exact) mass is 464 g/mol. The van der Waals surface area contributed by atoms with Crippen molar-refractivity contribution in [1.29, 1.82) is 0 Å². The maximum absolute atomic E-state index is 12.4. The van der Waals surface area contributed by atoms with Crippen molar-refractivity contribution in [3.63, 3.8) is 0 Å². The summed E-state index contributed by atoms with van der Waals surface area (Å²) in [5, 5.41) is 2.88. The van der Waals surface area contributed by atoms with Crippen LogP contribution >= 0.6 is 15.9 Å². The molecule has 0 atom stereocenters. The van der Waals surface area contributed by atoms with E-state index in [1.807, 2.05) is 24.3 Å². The molecule has 2 aromatic heterocycles. The van der Waals surface area contributed by atoms with Crippen LogP contribution in [0, 0.1) is 0 Å². The summed E-state index contributed by atoms with van der Waals surface area (Å²) < 4.78 is 2.28. The number of aromatic amines is 1. The molecule has 4 aromatic rings. The van der Waals surface area contributed by atoms with Crippen LogP contribution in [0.3, 0.4) is 0 Å². The molecule has 0 unspecified atom stereocenters. The van der Waals surface area contributed by atoms with Gasteiger partial charge in [-0.15, -0.1) is 0 Å². The third kappa shape index (κ3) is 4.23. The van der Waals surface area contributed by atoms with Gasteiger partial charge in [0.05, 0.1) is 12.1 Å². The first-order chi connectivity index (χ1) is 14.5. The third-order valence-electron chi connectivity index (χ3n) is 4.63. The molecule has 2 heterocycles. The number of rotatable bonds is 5. The third-order valence-corrected chi connectivity index (χ3v) is 5.12. The quantitative estimate of drug-likeness (QED) is 0.443. The minimum atomic E-state index is -0.695. The van der Waals surface area contributed by atoms with Crippen molar-refractivity contribution in [1.82, 2.24) is 19.9 Å². The molecule has 0 bridgehead atoms. The van der Waals surface area contributed by atoms with Gasteiger partial charge >= 0.3 is 11.1 Å². The Bertz CT molecular complexity index is 1340. The Kier molecular flexibility index (Phi) is 5.58. The van der Waals surface area contributed by atoms with E-state index in [0.717, 1.165) is 15.6 Å². The van der Waals surface area contributed by atoms with Crippen LogP contribution < -0.4 is 16.4 Å². The van der Waals surface area contributed by atoms with Crippen molar-refractivity contribution in [3.05, 3.63) is 109 Å². The first-order valence-corrected chi connectivity index (χ1v) is 10.00. The van der Waals surface area contributed by atoms with Gasteiger partial charge in [0.1, 0.15) is 0 Å². The summed E-state index contributed by atoms with van der Waals surface area (Å²) in [4.78, 5) is 43.4. The van der Waals surface area contributed by atoms with E-state index in [1.165, 1.54) is 4.57 Å². The van der Waals surface area contributed by atoms with Crippen LogP contribution in [-0.2, 0) is 13.1 Å². The minimum Gasteiger partial charge on any atom is -0.348 e. The van der Waals surface area contributed by atoms with Crippen LogP contribution in [0.2, 0.25) is 0 Å². The van der Waals surface area contributed by atoms with Crippen molar-refractivity contribution in [2.75, 3.05) is 0 Å². The Hall–Kier alpha value is -3.52. The molecule has 0 fully saturated rings. The fourth-order valence-corrected chi connectivity index (χ4v) is 3.57. The Morgan fingerprint density at radius 1 is 1.03 bits per heavy atom. The lowest BCUT2D eigenvalue weighted by Crippen LogP contribution is -2.36. The molecule has 0 aliphatic carbocycles. The summed E-state index contributed by atoms with van der Waals surface area (Å²) in [6, 6.07) is 18.0. The summed E-state index contributed by atoms with van der Waals surface area (Å²) in [7, 11) is 0.